The van der Waals surface area contributed by atoms with Crippen molar-refractivity contribution in [3.8, 4) is 0 Å². The summed E-state index contributed by atoms with van der Waals surface area (Å²) in [5.74, 6) is -1.93. The molecule has 4 heterocycles. The molecule has 10 nitrogen and oxygen atoms in total. The van der Waals surface area contributed by atoms with Crippen LogP contribution >= 0.6 is 0 Å². The molecule has 1 atom stereocenters. The van der Waals surface area contributed by atoms with Gasteiger partial charge in [-0.1, -0.05) is 0 Å². The zero-order valence-corrected chi connectivity index (χ0v) is 16.6. The van der Waals surface area contributed by atoms with Gasteiger partial charge in [-0.15, -0.1) is 0 Å². The number of aliphatic carboxylic acids is 1. The van der Waals surface area contributed by atoms with Crippen LogP contribution in [0.3, 0.4) is 0 Å². The first-order valence-corrected chi connectivity index (χ1v) is 9.42. The van der Waals surface area contributed by atoms with Crippen molar-refractivity contribution in [1.82, 2.24) is 25.1 Å². The van der Waals surface area contributed by atoms with Gasteiger partial charge in [-0.25, -0.2) is 14.8 Å². The monoisotopic (exact) mass is 452 g/mol. The number of rotatable bonds is 5. The van der Waals surface area contributed by atoms with Gasteiger partial charge in [-0.05, 0) is 30.7 Å². The Balaban J connectivity index is 0.000000360. The summed E-state index contributed by atoms with van der Waals surface area (Å²) < 4.78 is 38.9. The maximum Gasteiger partial charge on any atom is 0.490 e. The van der Waals surface area contributed by atoms with Crippen LogP contribution in [0.4, 0.5) is 19.1 Å². The van der Waals surface area contributed by atoms with Gasteiger partial charge in [0.25, 0.3) is 5.91 Å². The van der Waals surface area contributed by atoms with E-state index in [0.29, 0.717) is 18.3 Å². The summed E-state index contributed by atoms with van der Waals surface area (Å²) in [5, 5.41) is 14.4. The summed E-state index contributed by atoms with van der Waals surface area (Å²) in [6, 6.07) is 7.29. The number of nitrogens with one attached hydrogen (secondary N) is 1. The van der Waals surface area contributed by atoms with Crippen LogP contribution in [0.15, 0.2) is 53.5 Å². The Kier molecular flexibility index (Phi) is 7.07. The third-order valence-electron chi connectivity index (χ3n) is 4.47. The summed E-state index contributed by atoms with van der Waals surface area (Å²) in [4.78, 5) is 31.7. The van der Waals surface area contributed by atoms with Gasteiger partial charge in [-0.3, -0.25) is 9.48 Å². The number of aromatic nitrogens is 4. The molecule has 0 bridgehead atoms. The number of carbonyl (C=O) groups is 2. The molecule has 1 aliphatic heterocycles. The van der Waals surface area contributed by atoms with Crippen LogP contribution < -0.4 is 10.2 Å². The minimum atomic E-state index is -5.08. The van der Waals surface area contributed by atoms with Crippen molar-refractivity contribution in [3.63, 3.8) is 0 Å². The molecule has 0 spiro atoms. The minimum absolute atomic E-state index is 0.138. The number of carboxylic acid groups (broad SMARTS) is 1. The Bertz CT molecular complexity index is 1020. The Hall–Kier alpha value is -3.90. The smallest absolute Gasteiger partial charge is 0.475 e. The summed E-state index contributed by atoms with van der Waals surface area (Å²) in [6.07, 6.45) is 2.45. The first-order chi connectivity index (χ1) is 15.3. The number of carbonyl (C=O) groups excluding carboxylic acids is 1. The highest BCUT2D eigenvalue weighted by atomic mass is 19.4. The van der Waals surface area contributed by atoms with Gasteiger partial charge < -0.3 is 19.7 Å². The van der Waals surface area contributed by atoms with E-state index in [9.17, 15) is 18.0 Å². The molecule has 2 N–H and O–H groups in total. The molecule has 13 heteroatoms. The Morgan fingerprint density at radius 1 is 1.19 bits per heavy atom. The van der Waals surface area contributed by atoms with Crippen LogP contribution in [0.5, 0.6) is 0 Å². The molecule has 1 aliphatic rings. The number of halogens is 3. The molecule has 0 aliphatic carbocycles. The molecule has 1 amide bonds. The number of nitrogens with zero attached hydrogens (tertiary/aromatic N) is 5. The highest BCUT2D eigenvalue weighted by molar-refractivity contribution is 5.91. The molecule has 1 unspecified atom stereocenters. The normalized spacial score (nSPS) is 15.3. The zero-order chi connectivity index (χ0) is 23.1. The average molecular weight is 452 g/mol. The zero-order valence-electron chi connectivity index (χ0n) is 16.6. The number of amides is 1. The molecular formula is C19H19F3N6O4. The summed E-state index contributed by atoms with van der Waals surface area (Å²) >= 11 is 0. The number of hydrogen-bond donors (Lipinski definition) is 2. The van der Waals surface area contributed by atoms with Crippen LogP contribution in [0.2, 0.25) is 0 Å². The van der Waals surface area contributed by atoms with Crippen LogP contribution in [0.25, 0.3) is 0 Å². The highest BCUT2D eigenvalue weighted by Gasteiger charge is 2.38. The fourth-order valence-electron chi connectivity index (χ4n) is 3.06. The van der Waals surface area contributed by atoms with Crippen molar-refractivity contribution in [3.05, 3.63) is 60.6 Å². The minimum Gasteiger partial charge on any atom is -0.475 e. The number of fused-ring (bicyclic) bond motifs is 1. The topological polar surface area (TPSA) is 126 Å². The van der Waals surface area contributed by atoms with Crippen molar-refractivity contribution >= 4 is 17.8 Å². The molecule has 4 rings (SSSR count). The lowest BCUT2D eigenvalue weighted by Crippen LogP contribution is -2.40. The second-order valence-electron chi connectivity index (χ2n) is 6.68. The van der Waals surface area contributed by atoms with E-state index in [1.54, 1.807) is 36.8 Å². The molecule has 0 radical (unpaired) electrons. The van der Waals surface area contributed by atoms with Crippen molar-refractivity contribution in [2.24, 2.45) is 0 Å². The SMILES string of the molecule is O=C(NCCC1CN(c2ncccn2)Cc2ccnn21)c1ccco1.O=C(O)C(F)(F)F. The predicted octanol–water partition coefficient (Wildman–Crippen LogP) is 2.28. The Morgan fingerprint density at radius 3 is 2.53 bits per heavy atom. The molecule has 0 saturated carbocycles. The average Bonchev–Trinajstić information content (AvgIpc) is 3.46. The maximum atomic E-state index is 12.0. The van der Waals surface area contributed by atoms with Gasteiger partial charge in [0.1, 0.15) is 0 Å². The van der Waals surface area contributed by atoms with Gasteiger partial charge in [-0.2, -0.15) is 18.3 Å². The van der Waals surface area contributed by atoms with Crippen molar-refractivity contribution in [2.45, 2.75) is 25.2 Å². The summed E-state index contributed by atoms with van der Waals surface area (Å²) in [5.41, 5.74) is 1.11. The van der Waals surface area contributed by atoms with E-state index in [0.717, 1.165) is 25.2 Å². The fraction of sp³-hybridized carbons (Fsp3) is 0.316. The van der Waals surface area contributed by atoms with Gasteiger partial charge in [0.15, 0.2) is 5.76 Å². The fourth-order valence-corrected chi connectivity index (χ4v) is 3.06. The number of alkyl halides is 3. The largest absolute Gasteiger partial charge is 0.490 e. The quantitative estimate of drug-likeness (QED) is 0.604. The molecule has 3 aromatic heterocycles. The van der Waals surface area contributed by atoms with Crippen molar-refractivity contribution in [1.29, 1.82) is 0 Å². The van der Waals surface area contributed by atoms with Crippen LogP contribution in [-0.4, -0.2) is 56.0 Å². The summed E-state index contributed by atoms with van der Waals surface area (Å²) in [7, 11) is 0. The second kappa shape index (κ2) is 9.94. The number of anilines is 1. The van der Waals surface area contributed by atoms with Crippen LogP contribution in [0.1, 0.15) is 28.7 Å². The van der Waals surface area contributed by atoms with E-state index in [-0.39, 0.29) is 11.9 Å². The van der Waals surface area contributed by atoms with Crippen LogP contribution in [0, 0.1) is 0 Å². The van der Waals surface area contributed by atoms with E-state index in [1.165, 1.54) is 6.26 Å². The lowest BCUT2D eigenvalue weighted by Gasteiger charge is -2.33. The van der Waals surface area contributed by atoms with E-state index < -0.39 is 12.1 Å². The second-order valence-corrected chi connectivity index (χ2v) is 6.68. The lowest BCUT2D eigenvalue weighted by atomic mass is 10.1. The van der Waals surface area contributed by atoms with Crippen molar-refractivity contribution in [2.75, 3.05) is 18.0 Å². The summed E-state index contributed by atoms with van der Waals surface area (Å²) in [6.45, 7) is 2.00. The van der Waals surface area contributed by atoms with E-state index in [1.807, 2.05) is 10.7 Å². The maximum absolute atomic E-state index is 12.0. The molecule has 3 aromatic rings. The third-order valence-corrected chi connectivity index (χ3v) is 4.47. The van der Waals surface area contributed by atoms with Gasteiger partial charge in [0, 0.05) is 31.7 Å². The first kappa shape index (κ1) is 22.8. The highest BCUT2D eigenvalue weighted by Crippen LogP contribution is 2.25. The molecule has 170 valence electrons. The first-order valence-electron chi connectivity index (χ1n) is 9.42. The van der Waals surface area contributed by atoms with Crippen molar-refractivity contribution < 1.29 is 32.3 Å². The number of furan rings is 1. The number of hydrogen-bond acceptors (Lipinski definition) is 7. The Labute approximate surface area is 179 Å². The predicted molar refractivity (Wildman–Crippen MR) is 104 cm³/mol. The van der Waals surface area contributed by atoms with E-state index in [4.69, 9.17) is 14.3 Å². The third kappa shape index (κ3) is 5.83. The van der Waals surface area contributed by atoms with Gasteiger partial charge in [0.2, 0.25) is 5.95 Å². The molecule has 0 aromatic carbocycles. The molecule has 32 heavy (non-hydrogen) atoms. The molecular weight excluding hydrogens is 433 g/mol. The Morgan fingerprint density at radius 2 is 1.91 bits per heavy atom. The van der Waals surface area contributed by atoms with Gasteiger partial charge in [0.05, 0.1) is 24.5 Å². The molecule has 0 fully saturated rings. The van der Waals surface area contributed by atoms with E-state index >= 15 is 0 Å². The van der Waals surface area contributed by atoms with Crippen LogP contribution in [-0.2, 0) is 11.3 Å². The molecule has 0 saturated heterocycles. The standard InChI is InChI=1S/C17H18N6O2.C2HF3O2/c24-16(15-3-1-10-25-15)18-8-4-13-11-22(17-19-6-2-7-20-17)12-14-5-9-21-23(13)14;3-2(4,5)1(6)7/h1-3,5-7,9-10,13H,4,8,11-12H2,(H,18,24);(H,6,7). The van der Waals surface area contributed by atoms with E-state index in [2.05, 4.69) is 25.3 Å². The lowest BCUT2D eigenvalue weighted by molar-refractivity contribution is -0.192. The number of carboxylic acids is 1. The van der Waals surface area contributed by atoms with Gasteiger partial charge >= 0.3 is 12.1 Å².